The average molecular weight is 282 g/mol. The first-order chi connectivity index (χ1) is 9.45. The summed E-state index contributed by atoms with van der Waals surface area (Å²) in [6, 6.07) is 1.72. The lowest BCUT2D eigenvalue weighted by molar-refractivity contribution is 0.0680. The molecule has 0 aromatic carbocycles. The third kappa shape index (κ3) is 4.86. The van der Waals surface area contributed by atoms with Crippen molar-refractivity contribution in [1.82, 2.24) is 14.4 Å². The van der Waals surface area contributed by atoms with E-state index in [1.54, 1.807) is 23.9 Å². The normalized spacial score (nSPS) is 11.1. The molecule has 1 rings (SSSR count). The number of rotatable bonds is 8. The molecular weight excluding hydrogens is 256 g/mol. The molecule has 0 radical (unpaired) electrons. The second-order valence-electron chi connectivity index (χ2n) is 5.21. The number of nitrogens with two attached hydrogens (primary N) is 1. The molecule has 1 aromatic heterocycles. The van der Waals surface area contributed by atoms with Gasteiger partial charge in [-0.25, -0.2) is 0 Å². The van der Waals surface area contributed by atoms with Crippen molar-refractivity contribution in [2.24, 2.45) is 7.05 Å². The van der Waals surface area contributed by atoms with E-state index >= 15 is 0 Å². The minimum Gasteiger partial charge on any atom is -0.397 e. The van der Waals surface area contributed by atoms with E-state index in [1.165, 1.54) is 0 Å². The van der Waals surface area contributed by atoms with Gasteiger partial charge in [-0.15, -0.1) is 0 Å². The monoisotopic (exact) mass is 282 g/mol. The van der Waals surface area contributed by atoms with Crippen LogP contribution in [0.5, 0.6) is 0 Å². The smallest absolute Gasteiger partial charge is 0.270 e. The molecule has 0 fully saturated rings. The van der Waals surface area contributed by atoms with Crippen LogP contribution in [0.15, 0.2) is 12.3 Å². The molecule has 0 bridgehead atoms. The highest BCUT2D eigenvalue weighted by Gasteiger charge is 2.18. The Balaban J connectivity index is 2.70. The largest absolute Gasteiger partial charge is 0.397 e. The molecule has 114 valence electrons. The Hall–Kier alpha value is -1.53. The number of amides is 1. The molecule has 0 spiro atoms. The van der Waals surface area contributed by atoms with E-state index in [-0.39, 0.29) is 5.91 Å². The van der Waals surface area contributed by atoms with E-state index in [4.69, 9.17) is 10.5 Å². The molecule has 0 atom stereocenters. The van der Waals surface area contributed by atoms with Crippen molar-refractivity contribution in [1.29, 1.82) is 0 Å². The molecule has 0 unspecified atom stereocenters. The standard InChI is InChI=1S/C14H26N4O2/c1-16(2)6-5-7-18(8-9-20-4)14(19)13-10-12(15)11-17(13)3/h10-11H,5-9,15H2,1-4H3. The fourth-order valence-electron chi connectivity index (χ4n) is 2.06. The van der Waals surface area contributed by atoms with E-state index in [1.807, 2.05) is 26.0 Å². The molecule has 0 aliphatic heterocycles. The average Bonchev–Trinajstić information content (AvgIpc) is 2.71. The van der Waals surface area contributed by atoms with Crippen LogP contribution in [0.4, 0.5) is 5.69 Å². The molecule has 20 heavy (non-hydrogen) atoms. The van der Waals surface area contributed by atoms with Crippen molar-refractivity contribution >= 4 is 11.6 Å². The van der Waals surface area contributed by atoms with E-state index in [2.05, 4.69) is 4.90 Å². The highest BCUT2D eigenvalue weighted by molar-refractivity contribution is 5.93. The molecule has 2 N–H and O–H groups in total. The zero-order chi connectivity index (χ0) is 15.1. The maximum atomic E-state index is 12.5. The maximum Gasteiger partial charge on any atom is 0.270 e. The van der Waals surface area contributed by atoms with E-state index in [0.717, 1.165) is 13.0 Å². The number of anilines is 1. The summed E-state index contributed by atoms with van der Waals surface area (Å²) >= 11 is 0. The number of aromatic nitrogens is 1. The summed E-state index contributed by atoms with van der Waals surface area (Å²) in [6.45, 7) is 2.79. The van der Waals surface area contributed by atoms with Gasteiger partial charge in [0.25, 0.3) is 5.91 Å². The molecular formula is C14H26N4O2. The number of nitrogen functional groups attached to an aromatic ring is 1. The number of carbonyl (C=O) groups excluding carboxylic acids is 1. The van der Waals surface area contributed by atoms with Gasteiger partial charge in [-0.3, -0.25) is 4.79 Å². The molecule has 1 heterocycles. The van der Waals surface area contributed by atoms with Crippen LogP contribution in [0.25, 0.3) is 0 Å². The summed E-state index contributed by atoms with van der Waals surface area (Å²) in [5.41, 5.74) is 6.96. The van der Waals surface area contributed by atoms with Gasteiger partial charge in [-0.1, -0.05) is 0 Å². The summed E-state index contributed by atoms with van der Waals surface area (Å²) in [4.78, 5) is 16.5. The quantitative estimate of drug-likeness (QED) is 0.760. The second kappa shape index (κ2) is 7.91. The maximum absolute atomic E-state index is 12.5. The summed E-state index contributed by atoms with van der Waals surface area (Å²) < 4.78 is 6.85. The highest BCUT2D eigenvalue weighted by Crippen LogP contribution is 2.12. The van der Waals surface area contributed by atoms with Gasteiger partial charge in [0, 0.05) is 33.4 Å². The van der Waals surface area contributed by atoms with Gasteiger partial charge in [0.15, 0.2) is 0 Å². The second-order valence-corrected chi connectivity index (χ2v) is 5.21. The summed E-state index contributed by atoms with van der Waals surface area (Å²) in [5.74, 6) is 0.00000567. The Morgan fingerprint density at radius 3 is 2.55 bits per heavy atom. The van der Waals surface area contributed by atoms with Crippen molar-refractivity contribution in [2.75, 3.05) is 53.2 Å². The fourth-order valence-corrected chi connectivity index (χ4v) is 2.06. The van der Waals surface area contributed by atoms with E-state index < -0.39 is 0 Å². The first kappa shape index (κ1) is 16.5. The van der Waals surface area contributed by atoms with Gasteiger partial charge < -0.3 is 24.8 Å². The number of methoxy groups -OCH3 is 1. The third-order valence-corrected chi connectivity index (χ3v) is 3.13. The fraction of sp³-hybridized carbons (Fsp3) is 0.643. The first-order valence-corrected chi connectivity index (χ1v) is 6.80. The van der Waals surface area contributed by atoms with Gasteiger partial charge in [0.2, 0.25) is 0 Å². The van der Waals surface area contributed by atoms with Crippen LogP contribution in [-0.2, 0) is 11.8 Å². The van der Waals surface area contributed by atoms with E-state index in [0.29, 0.717) is 31.1 Å². The molecule has 0 aliphatic carbocycles. The van der Waals surface area contributed by atoms with Crippen molar-refractivity contribution < 1.29 is 9.53 Å². The van der Waals surface area contributed by atoms with Crippen LogP contribution in [0.1, 0.15) is 16.9 Å². The van der Waals surface area contributed by atoms with Crippen LogP contribution >= 0.6 is 0 Å². The summed E-state index contributed by atoms with van der Waals surface area (Å²) in [7, 11) is 7.53. The van der Waals surface area contributed by atoms with Gasteiger partial charge >= 0.3 is 0 Å². The molecule has 0 saturated carbocycles. The van der Waals surface area contributed by atoms with E-state index in [9.17, 15) is 4.79 Å². The first-order valence-electron chi connectivity index (χ1n) is 6.80. The third-order valence-electron chi connectivity index (χ3n) is 3.13. The number of nitrogens with zero attached hydrogens (tertiary/aromatic N) is 3. The Morgan fingerprint density at radius 2 is 2.05 bits per heavy atom. The molecule has 1 aromatic rings. The number of carbonyl (C=O) groups is 1. The number of hydrogen-bond acceptors (Lipinski definition) is 4. The van der Waals surface area contributed by atoms with Crippen LogP contribution in [0.2, 0.25) is 0 Å². The molecule has 6 heteroatoms. The summed E-state index contributed by atoms with van der Waals surface area (Å²) in [6.07, 6.45) is 2.68. The molecule has 1 amide bonds. The highest BCUT2D eigenvalue weighted by atomic mass is 16.5. The lowest BCUT2D eigenvalue weighted by Gasteiger charge is -2.23. The number of aryl methyl sites for hydroxylation is 1. The predicted molar refractivity (Wildman–Crippen MR) is 80.8 cm³/mol. The minimum absolute atomic E-state index is 0.00000567. The van der Waals surface area contributed by atoms with Crippen LogP contribution in [-0.4, -0.2) is 67.7 Å². The topological polar surface area (TPSA) is 63.7 Å². The van der Waals surface area contributed by atoms with Gasteiger partial charge in [0.05, 0.1) is 12.3 Å². The van der Waals surface area contributed by atoms with Crippen molar-refractivity contribution in [2.45, 2.75) is 6.42 Å². The predicted octanol–water partition coefficient (Wildman–Crippen LogP) is 0.648. The number of ether oxygens (including phenoxy) is 1. The Kier molecular flexibility index (Phi) is 6.54. The van der Waals surface area contributed by atoms with Crippen LogP contribution in [0.3, 0.4) is 0 Å². The molecule has 0 aliphatic rings. The van der Waals surface area contributed by atoms with Gasteiger partial charge in [-0.2, -0.15) is 0 Å². The summed E-state index contributed by atoms with van der Waals surface area (Å²) in [5, 5.41) is 0. The van der Waals surface area contributed by atoms with Crippen molar-refractivity contribution in [3.05, 3.63) is 18.0 Å². The zero-order valence-electron chi connectivity index (χ0n) is 12.9. The minimum atomic E-state index is 0.00000567. The van der Waals surface area contributed by atoms with Crippen molar-refractivity contribution in [3.63, 3.8) is 0 Å². The molecule has 0 saturated heterocycles. The molecule has 6 nitrogen and oxygen atoms in total. The zero-order valence-corrected chi connectivity index (χ0v) is 12.9. The SMILES string of the molecule is COCCN(CCCN(C)C)C(=O)c1cc(N)cn1C. The Labute approximate surface area is 121 Å². The Morgan fingerprint density at radius 1 is 1.35 bits per heavy atom. The van der Waals surface area contributed by atoms with Gasteiger partial charge in [0.1, 0.15) is 5.69 Å². The van der Waals surface area contributed by atoms with Gasteiger partial charge in [-0.05, 0) is 33.1 Å². The lowest BCUT2D eigenvalue weighted by atomic mass is 10.3. The van der Waals surface area contributed by atoms with Crippen molar-refractivity contribution in [3.8, 4) is 0 Å². The van der Waals surface area contributed by atoms with Crippen LogP contribution < -0.4 is 5.73 Å². The number of hydrogen-bond donors (Lipinski definition) is 1. The Bertz CT molecular complexity index is 429. The van der Waals surface area contributed by atoms with Crippen LogP contribution in [0, 0.1) is 0 Å². The lowest BCUT2D eigenvalue weighted by Crippen LogP contribution is -2.36.